The molecule has 1 saturated heterocycles. The lowest BCUT2D eigenvalue weighted by atomic mass is 9.98. The monoisotopic (exact) mass is 296 g/mol. The summed E-state index contributed by atoms with van der Waals surface area (Å²) in [5, 5.41) is 6.04. The molecule has 1 aromatic carbocycles. The van der Waals surface area contributed by atoms with Crippen LogP contribution in [-0.2, 0) is 14.6 Å². The van der Waals surface area contributed by atoms with Crippen LogP contribution in [0.25, 0.3) is 0 Å². The summed E-state index contributed by atoms with van der Waals surface area (Å²) < 4.78 is 23.1. The molecule has 0 bridgehead atoms. The second kappa shape index (κ2) is 5.93. The van der Waals surface area contributed by atoms with Gasteiger partial charge in [0.2, 0.25) is 5.91 Å². The molecular weight excluding hydrogens is 276 g/mol. The van der Waals surface area contributed by atoms with Crippen LogP contribution in [0, 0.1) is 12.8 Å². The van der Waals surface area contributed by atoms with Crippen molar-refractivity contribution in [2.24, 2.45) is 5.92 Å². The van der Waals surface area contributed by atoms with E-state index in [9.17, 15) is 13.2 Å². The summed E-state index contributed by atoms with van der Waals surface area (Å²) in [5.41, 5.74) is 1.43. The maximum absolute atomic E-state index is 12.2. The Morgan fingerprint density at radius 2 is 2.15 bits per heavy atom. The normalized spacial score (nSPS) is 19.6. The van der Waals surface area contributed by atoms with Crippen molar-refractivity contribution in [3.63, 3.8) is 0 Å². The first-order valence-corrected chi connectivity index (χ1v) is 8.59. The molecular formula is C14H20N2O3S. The Balaban J connectivity index is 2.18. The zero-order chi connectivity index (χ0) is 14.8. The van der Waals surface area contributed by atoms with E-state index in [1.165, 1.54) is 6.07 Å². The summed E-state index contributed by atoms with van der Waals surface area (Å²) in [6.45, 7) is 3.48. The van der Waals surface area contributed by atoms with Gasteiger partial charge in [-0.05, 0) is 44.0 Å². The van der Waals surface area contributed by atoms with Crippen LogP contribution in [0.4, 0.5) is 5.69 Å². The minimum atomic E-state index is -3.27. The van der Waals surface area contributed by atoms with Crippen LogP contribution in [0.1, 0.15) is 18.4 Å². The second-order valence-electron chi connectivity index (χ2n) is 5.28. The van der Waals surface area contributed by atoms with Gasteiger partial charge in [-0.2, -0.15) is 0 Å². The Morgan fingerprint density at radius 3 is 2.75 bits per heavy atom. The Morgan fingerprint density at radius 1 is 1.40 bits per heavy atom. The van der Waals surface area contributed by atoms with Crippen molar-refractivity contribution in [3.8, 4) is 0 Å². The third-order valence-electron chi connectivity index (χ3n) is 3.56. The Kier molecular flexibility index (Phi) is 4.45. The van der Waals surface area contributed by atoms with Gasteiger partial charge in [-0.1, -0.05) is 6.07 Å². The number of carbonyl (C=O) groups excluding carboxylic acids is 1. The molecule has 110 valence electrons. The lowest BCUT2D eigenvalue weighted by Crippen LogP contribution is -2.37. The van der Waals surface area contributed by atoms with Crippen molar-refractivity contribution in [1.29, 1.82) is 0 Å². The van der Waals surface area contributed by atoms with Gasteiger partial charge in [-0.3, -0.25) is 4.79 Å². The second-order valence-corrected chi connectivity index (χ2v) is 7.30. The first-order valence-electron chi connectivity index (χ1n) is 6.70. The highest BCUT2D eigenvalue weighted by molar-refractivity contribution is 7.90. The molecule has 1 unspecified atom stereocenters. The molecule has 1 aliphatic heterocycles. The summed E-state index contributed by atoms with van der Waals surface area (Å²) in [4.78, 5) is 12.4. The lowest BCUT2D eigenvalue weighted by molar-refractivity contribution is -0.120. The van der Waals surface area contributed by atoms with E-state index in [1.54, 1.807) is 12.1 Å². The lowest BCUT2D eigenvalue weighted by Gasteiger charge is -2.22. The van der Waals surface area contributed by atoms with Gasteiger partial charge in [0, 0.05) is 18.5 Å². The number of nitrogens with one attached hydrogen (secondary N) is 2. The van der Waals surface area contributed by atoms with E-state index >= 15 is 0 Å². The number of piperidine rings is 1. The first-order chi connectivity index (χ1) is 9.38. The molecule has 0 saturated carbocycles. The molecule has 2 N–H and O–H groups in total. The van der Waals surface area contributed by atoms with E-state index < -0.39 is 9.84 Å². The average molecular weight is 296 g/mol. The topological polar surface area (TPSA) is 75.3 Å². The molecule has 1 aliphatic rings. The first kappa shape index (κ1) is 15.0. The van der Waals surface area contributed by atoms with E-state index in [1.807, 2.05) is 6.92 Å². The van der Waals surface area contributed by atoms with E-state index in [2.05, 4.69) is 10.6 Å². The van der Waals surface area contributed by atoms with Crippen LogP contribution in [0.5, 0.6) is 0 Å². The standard InChI is InChI=1S/C14H20N2O3S/c1-10-5-6-12(20(2,18)19)8-13(10)16-14(17)11-4-3-7-15-9-11/h5-6,8,11,15H,3-4,7,9H2,1-2H3,(H,16,17). The van der Waals surface area contributed by atoms with Crippen molar-refractivity contribution in [1.82, 2.24) is 5.32 Å². The maximum Gasteiger partial charge on any atom is 0.228 e. The van der Waals surface area contributed by atoms with Crippen molar-refractivity contribution in [2.75, 3.05) is 24.7 Å². The van der Waals surface area contributed by atoms with Crippen molar-refractivity contribution in [3.05, 3.63) is 23.8 Å². The number of hydrogen-bond donors (Lipinski definition) is 2. The average Bonchev–Trinajstić information content (AvgIpc) is 2.41. The zero-order valence-corrected chi connectivity index (χ0v) is 12.6. The molecule has 1 fully saturated rings. The largest absolute Gasteiger partial charge is 0.326 e. The maximum atomic E-state index is 12.2. The number of rotatable bonds is 3. The molecule has 1 atom stereocenters. The summed E-state index contributed by atoms with van der Waals surface area (Å²) >= 11 is 0. The summed E-state index contributed by atoms with van der Waals surface area (Å²) in [5.74, 6) is -0.101. The molecule has 5 nitrogen and oxygen atoms in total. The van der Waals surface area contributed by atoms with Crippen LogP contribution in [0.2, 0.25) is 0 Å². The number of aryl methyl sites for hydroxylation is 1. The van der Waals surface area contributed by atoms with Crippen molar-refractivity contribution in [2.45, 2.75) is 24.7 Å². The van der Waals surface area contributed by atoms with Crippen molar-refractivity contribution < 1.29 is 13.2 Å². The van der Waals surface area contributed by atoms with E-state index in [4.69, 9.17) is 0 Å². The predicted molar refractivity (Wildman–Crippen MR) is 78.5 cm³/mol. The number of hydrogen-bond acceptors (Lipinski definition) is 4. The highest BCUT2D eigenvalue weighted by Gasteiger charge is 2.21. The zero-order valence-electron chi connectivity index (χ0n) is 11.8. The van der Waals surface area contributed by atoms with Gasteiger partial charge in [0.05, 0.1) is 10.8 Å². The molecule has 20 heavy (non-hydrogen) atoms. The minimum absolute atomic E-state index is 0.0500. The van der Waals surface area contributed by atoms with Crippen LogP contribution in [0.3, 0.4) is 0 Å². The molecule has 1 amide bonds. The number of carbonyl (C=O) groups is 1. The Labute approximate surface area is 119 Å². The molecule has 6 heteroatoms. The van der Waals surface area contributed by atoms with Gasteiger partial charge in [0.1, 0.15) is 0 Å². The number of amides is 1. The molecule has 0 aliphatic carbocycles. The highest BCUT2D eigenvalue weighted by Crippen LogP contribution is 2.21. The van der Waals surface area contributed by atoms with E-state index in [0.717, 1.165) is 31.2 Å². The molecule has 0 radical (unpaired) electrons. The van der Waals surface area contributed by atoms with Crippen molar-refractivity contribution >= 4 is 21.4 Å². The van der Waals surface area contributed by atoms with Crippen LogP contribution < -0.4 is 10.6 Å². The van der Waals surface area contributed by atoms with Gasteiger partial charge >= 0.3 is 0 Å². The molecule has 1 aromatic rings. The summed E-state index contributed by atoms with van der Waals surface area (Å²) in [6.07, 6.45) is 3.01. The minimum Gasteiger partial charge on any atom is -0.326 e. The quantitative estimate of drug-likeness (QED) is 0.882. The summed E-state index contributed by atoms with van der Waals surface area (Å²) in [7, 11) is -3.27. The predicted octanol–water partition coefficient (Wildman–Crippen LogP) is 1.34. The Hall–Kier alpha value is -1.40. The fraction of sp³-hybridized carbons (Fsp3) is 0.500. The molecule has 1 heterocycles. The van der Waals surface area contributed by atoms with Gasteiger partial charge in [0.25, 0.3) is 0 Å². The molecule has 0 aromatic heterocycles. The number of anilines is 1. The van der Waals surface area contributed by atoms with E-state index in [-0.39, 0.29) is 16.7 Å². The fourth-order valence-electron chi connectivity index (χ4n) is 2.28. The fourth-order valence-corrected chi connectivity index (χ4v) is 2.92. The van der Waals surface area contributed by atoms with Crippen LogP contribution >= 0.6 is 0 Å². The third kappa shape index (κ3) is 3.58. The van der Waals surface area contributed by atoms with Gasteiger partial charge in [0.15, 0.2) is 9.84 Å². The van der Waals surface area contributed by atoms with Gasteiger partial charge < -0.3 is 10.6 Å². The van der Waals surface area contributed by atoms with Gasteiger partial charge in [-0.15, -0.1) is 0 Å². The summed E-state index contributed by atoms with van der Waals surface area (Å²) in [6, 6.07) is 4.80. The molecule has 0 spiro atoms. The third-order valence-corrected chi connectivity index (χ3v) is 4.67. The SMILES string of the molecule is Cc1ccc(S(C)(=O)=O)cc1NC(=O)C1CCCNC1. The Bertz CT molecular complexity index is 605. The van der Waals surface area contributed by atoms with E-state index in [0.29, 0.717) is 12.2 Å². The number of sulfone groups is 1. The highest BCUT2D eigenvalue weighted by atomic mass is 32.2. The van der Waals surface area contributed by atoms with Crippen LogP contribution in [0.15, 0.2) is 23.1 Å². The smallest absolute Gasteiger partial charge is 0.228 e. The number of benzene rings is 1. The van der Waals surface area contributed by atoms with Gasteiger partial charge in [-0.25, -0.2) is 8.42 Å². The molecule has 2 rings (SSSR count). The van der Waals surface area contributed by atoms with Crippen LogP contribution in [-0.4, -0.2) is 33.7 Å².